The van der Waals surface area contributed by atoms with Crippen LogP contribution in [0.1, 0.15) is 29.3 Å². The Kier molecular flexibility index (Phi) is 5.98. The van der Waals surface area contributed by atoms with Gasteiger partial charge in [-0.25, -0.2) is 4.68 Å². The van der Waals surface area contributed by atoms with Crippen LogP contribution in [-0.4, -0.2) is 27.3 Å². The lowest BCUT2D eigenvalue weighted by Crippen LogP contribution is -2.28. The fraction of sp³-hybridized carbons (Fsp3) is 0.240. The normalized spacial score (nSPS) is 10.9. The second-order valence-electron chi connectivity index (χ2n) is 7.56. The first kappa shape index (κ1) is 20.6. The summed E-state index contributed by atoms with van der Waals surface area (Å²) in [6.07, 6.45) is 0.815. The number of aromatic nitrogens is 3. The lowest BCUT2D eigenvalue weighted by molar-refractivity contribution is -0.123. The van der Waals surface area contributed by atoms with E-state index in [4.69, 9.17) is 14.8 Å². The monoisotopic (exact) mass is 414 g/mol. The molecule has 158 valence electrons. The fourth-order valence-electron chi connectivity index (χ4n) is 3.56. The van der Waals surface area contributed by atoms with Crippen molar-refractivity contribution in [2.45, 2.75) is 33.7 Å². The molecule has 0 fully saturated rings. The number of pyridine rings is 1. The number of nitrogens with zero attached hydrogens (tertiary/aromatic N) is 3. The fourth-order valence-corrected chi connectivity index (χ4v) is 3.56. The van der Waals surface area contributed by atoms with Crippen LogP contribution < -0.4 is 10.1 Å². The number of rotatable bonds is 7. The molecule has 0 bridgehead atoms. The van der Waals surface area contributed by atoms with Crippen molar-refractivity contribution in [2.75, 3.05) is 6.61 Å². The molecule has 6 heteroatoms. The molecule has 1 N–H and O–H groups in total. The number of nitrogens with one attached hydrogen (secondary N) is 1. The van der Waals surface area contributed by atoms with Crippen molar-refractivity contribution >= 4 is 16.9 Å². The van der Waals surface area contributed by atoms with E-state index in [1.54, 1.807) is 0 Å². The Morgan fingerprint density at radius 1 is 1.06 bits per heavy atom. The molecule has 1 amide bonds. The van der Waals surface area contributed by atoms with E-state index in [2.05, 4.69) is 31.3 Å². The SMILES string of the molecule is CCc1cc(OCC(=O)NCc2ccccc2)nc2c1c(C)nn2-c1ccc(C)cc1. The van der Waals surface area contributed by atoms with E-state index in [0.717, 1.165) is 40.0 Å². The summed E-state index contributed by atoms with van der Waals surface area (Å²) >= 11 is 0. The van der Waals surface area contributed by atoms with Gasteiger partial charge in [-0.3, -0.25) is 4.79 Å². The van der Waals surface area contributed by atoms with Gasteiger partial charge in [-0.1, -0.05) is 55.0 Å². The van der Waals surface area contributed by atoms with Gasteiger partial charge in [0.1, 0.15) is 0 Å². The Bertz CT molecular complexity index is 1200. The molecule has 4 aromatic rings. The van der Waals surface area contributed by atoms with Crippen LogP contribution in [0.3, 0.4) is 0 Å². The van der Waals surface area contributed by atoms with E-state index in [1.807, 2.05) is 60.1 Å². The summed E-state index contributed by atoms with van der Waals surface area (Å²) in [7, 11) is 0. The van der Waals surface area contributed by atoms with Crippen LogP contribution in [0.25, 0.3) is 16.7 Å². The van der Waals surface area contributed by atoms with Crippen molar-refractivity contribution in [3.63, 3.8) is 0 Å². The van der Waals surface area contributed by atoms with E-state index in [0.29, 0.717) is 12.4 Å². The molecule has 0 radical (unpaired) electrons. The molecule has 0 aliphatic rings. The van der Waals surface area contributed by atoms with Crippen molar-refractivity contribution in [3.05, 3.63) is 83.0 Å². The maximum Gasteiger partial charge on any atom is 0.258 e. The van der Waals surface area contributed by atoms with Gasteiger partial charge in [0, 0.05) is 18.0 Å². The molecule has 0 aliphatic heterocycles. The molecule has 0 aliphatic carbocycles. The molecule has 6 nitrogen and oxygen atoms in total. The number of carbonyl (C=O) groups excluding carboxylic acids is 1. The Morgan fingerprint density at radius 2 is 1.81 bits per heavy atom. The molecule has 4 rings (SSSR count). The van der Waals surface area contributed by atoms with Gasteiger partial charge in [0.25, 0.3) is 5.91 Å². The quantitative estimate of drug-likeness (QED) is 0.490. The van der Waals surface area contributed by atoms with Crippen LogP contribution in [0.15, 0.2) is 60.7 Å². The number of hydrogen-bond acceptors (Lipinski definition) is 4. The van der Waals surface area contributed by atoms with Crippen LogP contribution in [0, 0.1) is 13.8 Å². The highest BCUT2D eigenvalue weighted by Gasteiger charge is 2.16. The van der Waals surface area contributed by atoms with Crippen LogP contribution in [0.4, 0.5) is 0 Å². The second-order valence-corrected chi connectivity index (χ2v) is 7.56. The predicted molar refractivity (Wildman–Crippen MR) is 122 cm³/mol. The summed E-state index contributed by atoms with van der Waals surface area (Å²) in [5.41, 5.74) is 5.93. The van der Waals surface area contributed by atoms with Gasteiger partial charge in [0.05, 0.1) is 11.4 Å². The Labute approximate surface area is 181 Å². The molecule has 0 unspecified atom stereocenters. The summed E-state index contributed by atoms with van der Waals surface area (Å²) < 4.78 is 7.60. The first-order valence-corrected chi connectivity index (χ1v) is 10.4. The van der Waals surface area contributed by atoms with Gasteiger partial charge >= 0.3 is 0 Å². The molecular weight excluding hydrogens is 388 g/mol. The van der Waals surface area contributed by atoms with Gasteiger partial charge < -0.3 is 10.1 Å². The van der Waals surface area contributed by atoms with Crippen molar-refractivity contribution in [3.8, 4) is 11.6 Å². The number of amides is 1. The maximum atomic E-state index is 12.3. The van der Waals surface area contributed by atoms with Crippen LogP contribution in [0.2, 0.25) is 0 Å². The molecular formula is C25H26N4O2. The number of carbonyl (C=O) groups is 1. The van der Waals surface area contributed by atoms with Crippen molar-refractivity contribution in [1.82, 2.24) is 20.1 Å². The predicted octanol–water partition coefficient (Wildman–Crippen LogP) is 4.29. The first-order chi connectivity index (χ1) is 15.0. The highest BCUT2D eigenvalue weighted by molar-refractivity contribution is 5.84. The number of hydrogen-bond donors (Lipinski definition) is 1. The zero-order valence-corrected chi connectivity index (χ0v) is 18.1. The molecule has 31 heavy (non-hydrogen) atoms. The molecule has 0 saturated heterocycles. The molecule has 2 heterocycles. The van der Waals surface area contributed by atoms with Gasteiger partial charge in [0.15, 0.2) is 12.3 Å². The minimum absolute atomic E-state index is 0.0911. The Balaban J connectivity index is 1.56. The number of ether oxygens (including phenoxy) is 1. The summed E-state index contributed by atoms with van der Waals surface area (Å²) in [6.45, 7) is 6.51. The maximum absolute atomic E-state index is 12.3. The van der Waals surface area contributed by atoms with Crippen LogP contribution >= 0.6 is 0 Å². The van der Waals surface area contributed by atoms with Gasteiger partial charge in [0.2, 0.25) is 5.88 Å². The molecule has 2 aromatic carbocycles. The summed E-state index contributed by atoms with van der Waals surface area (Å²) in [6, 6.07) is 19.8. The smallest absolute Gasteiger partial charge is 0.258 e. The highest BCUT2D eigenvalue weighted by atomic mass is 16.5. The zero-order valence-electron chi connectivity index (χ0n) is 18.1. The van der Waals surface area contributed by atoms with Crippen LogP contribution in [-0.2, 0) is 17.8 Å². The third-order valence-corrected chi connectivity index (χ3v) is 5.21. The highest BCUT2D eigenvalue weighted by Crippen LogP contribution is 2.27. The zero-order chi connectivity index (χ0) is 21.8. The number of fused-ring (bicyclic) bond motifs is 1. The third kappa shape index (κ3) is 4.58. The average molecular weight is 415 g/mol. The molecule has 0 spiro atoms. The summed E-state index contributed by atoms with van der Waals surface area (Å²) in [5, 5.41) is 8.62. The Hall–Kier alpha value is -3.67. The minimum Gasteiger partial charge on any atom is -0.468 e. The second kappa shape index (κ2) is 9.00. The van der Waals surface area contributed by atoms with E-state index in [1.165, 1.54) is 5.56 Å². The van der Waals surface area contributed by atoms with Gasteiger partial charge in [-0.2, -0.15) is 10.1 Å². The topological polar surface area (TPSA) is 69.0 Å². The Morgan fingerprint density at radius 3 is 2.52 bits per heavy atom. The van der Waals surface area contributed by atoms with Gasteiger partial charge in [-0.15, -0.1) is 0 Å². The van der Waals surface area contributed by atoms with E-state index in [-0.39, 0.29) is 12.5 Å². The van der Waals surface area contributed by atoms with Crippen LogP contribution in [0.5, 0.6) is 5.88 Å². The standard InChI is InChI=1S/C25H26N4O2/c1-4-20-14-23(31-16-22(30)26-15-19-8-6-5-7-9-19)27-25-24(20)18(3)28-29(25)21-12-10-17(2)11-13-21/h5-14H,4,15-16H2,1-3H3,(H,26,30). The van der Waals surface area contributed by atoms with Crippen molar-refractivity contribution < 1.29 is 9.53 Å². The molecule has 2 aromatic heterocycles. The summed E-state index contributed by atoms with van der Waals surface area (Å²) in [5.74, 6) is 0.236. The summed E-state index contributed by atoms with van der Waals surface area (Å²) in [4.78, 5) is 16.9. The average Bonchev–Trinajstić information content (AvgIpc) is 3.13. The first-order valence-electron chi connectivity index (χ1n) is 10.4. The number of aryl methyl sites for hydroxylation is 3. The van der Waals surface area contributed by atoms with Crippen molar-refractivity contribution in [2.24, 2.45) is 0 Å². The minimum atomic E-state index is -0.188. The third-order valence-electron chi connectivity index (χ3n) is 5.21. The van der Waals surface area contributed by atoms with E-state index in [9.17, 15) is 4.79 Å². The largest absolute Gasteiger partial charge is 0.468 e. The van der Waals surface area contributed by atoms with Crippen molar-refractivity contribution in [1.29, 1.82) is 0 Å². The van der Waals surface area contributed by atoms with Gasteiger partial charge in [-0.05, 0) is 43.5 Å². The van der Waals surface area contributed by atoms with E-state index >= 15 is 0 Å². The molecule has 0 saturated carbocycles. The lowest BCUT2D eigenvalue weighted by atomic mass is 10.1. The van der Waals surface area contributed by atoms with E-state index < -0.39 is 0 Å². The number of benzene rings is 2. The lowest BCUT2D eigenvalue weighted by Gasteiger charge is -2.10. The molecule has 0 atom stereocenters.